The molecule has 0 aliphatic heterocycles. The maximum Gasteiger partial charge on any atom is 0.170 e. The molecule has 18 heavy (non-hydrogen) atoms. The van der Waals surface area contributed by atoms with Gasteiger partial charge in [0.1, 0.15) is 5.75 Å². The van der Waals surface area contributed by atoms with E-state index >= 15 is 0 Å². The third-order valence-corrected chi connectivity index (χ3v) is 3.21. The Morgan fingerprint density at radius 1 is 1.39 bits per heavy atom. The average Bonchev–Trinajstić information content (AvgIpc) is 2.91. The highest BCUT2D eigenvalue weighted by Gasteiger charge is 2.01. The number of nitrogens with zero attached hydrogens (tertiary/aromatic N) is 1. The number of benzene rings is 1. The van der Waals surface area contributed by atoms with Crippen LogP contribution in [-0.2, 0) is 6.42 Å². The van der Waals surface area contributed by atoms with Gasteiger partial charge in [-0.3, -0.25) is 0 Å². The first-order chi connectivity index (χ1) is 8.79. The second-order valence-electron chi connectivity index (χ2n) is 3.74. The van der Waals surface area contributed by atoms with Crippen molar-refractivity contribution in [1.29, 1.82) is 0 Å². The van der Waals surface area contributed by atoms with Gasteiger partial charge in [0.2, 0.25) is 0 Å². The predicted molar refractivity (Wildman–Crippen MR) is 72.5 cm³/mol. The van der Waals surface area contributed by atoms with Gasteiger partial charge in [-0.25, -0.2) is 0 Å². The molecule has 0 unspecified atom stereocenters. The summed E-state index contributed by atoms with van der Waals surface area (Å²) in [6.07, 6.45) is 0.872. The number of nitrogens with two attached hydrogens (primary N) is 1. The molecule has 2 rings (SSSR count). The molecule has 94 valence electrons. The lowest BCUT2D eigenvalue weighted by atomic mass is 10.2. The molecule has 0 radical (unpaired) electrons. The first-order valence-corrected chi connectivity index (χ1v) is 6.45. The summed E-state index contributed by atoms with van der Waals surface area (Å²) in [5.74, 6) is 0.799. The van der Waals surface area contributed by atoms with Gasteiger partial charge < -0.3 is 15.7 Å². The zero-order chi connectivity index (χ0) is 12.8. The molecule has 1 aromatic heterocycles. The smallest absolute Gasteiger partial charge is 0.170 e. The number of thiophene rings is 1. The number of amidine groups is 1. The van der Waals surface area contributed by atoms with Crippen LogP contribution in [0.3, 0.4) is 0 Å². The van der Waals surface area contributed by atoms with Crippen molar-refractivity contribution in [2.75, 3.05) is 6.61 Å². The van der Waals surface area contributed by atoms with Crippen LogP contribution in [0.1, 0.15) is 11.1 Å². The highest BCUT2D eigenvalue weighted by Crippen LogP contribution is 2.14. The fourth-order valence-electron chi connectivity index (χ4n) is 1.52. The summed E-state index contributed by atoms with van der Waals surface area (Å²) in [6, 6.07) is 9.26. The van der Waals surface area contributed by atoms with Gasteiger partial charge in [0.05, 0.1) is 6.61 Å². The van der Waals surface area contributed by atoms with Crippen molar-refractivity contribution in [3.8, 4) is 5.75 Å². The van der Waals surface area contributed by atoms with Crippen LogP contribution in [0.2, 0.25) is 0 Å². The van der Waals surface area contributed by atoms with Crippen LogP contribution >= 0.6 is 11.3 Å². The molecule has 3 N–H and O–H groups in total. The van der Waals surface area contributed by atoms with Crippen molar-refractivity contribution < 1.29 is 9.94 Å². The van der Waals surface area contributed by atoms with E-state index in [1.165, 1.54) is 5.56 Å². The molecule has 1 aromatic carbocycles. The standard InChI is InChI=1S/C13H14N2O2S/c14-13(15-16)11-2-1-3-12(8-11)17-6-4-10-5-7-18-9-10/h1-3,5,7-9,16H,4,6H2,(H2,14,15). The Morgan fingerprint density at radius 2 is 2.28 bits per heavy atom. The topological polar surface area (TPSA) is 67.8 Å². The van der Waals surface area contributed by atoms with Crippen molar-refractivity contribution >= 4 is 17.2 Å². The van der Waals surface area contributed by atoms with Crippen molar-refractivity contribution in [1.82, 2.24) is 0 Å². The Kier molecular flexibility index (Phi) is 4.20. The highest BCUT2D eigenvalue weighted by atomic mass is 32.1. The van der Waals surface area contributed by atoms with E-state index in [0.717, 1.165) is 6.42 Å². The Hall–Kier alpha value is -2.01. The normalized spacial score (nSPS) is 11.4. The van der Waals surface area contributed by atoms with Gasteiger partial charge in [0.25, 0.3) is 0 Å². The fourth-order valence-corrected chi connectivity index (χ4v) is 2.23. The van der Waals surface area contributed by atoms with Gasteiger partial charge in [0, 0.05) is 12.0 Å². The third kappa shape index (κ3) is 3.24. The number of hydrogen-bond acceptors (Lipinski definition) is 4. The summed E-state index contributed by atoms with van der Waals surface area (Å²) in [4.78, 5) is 0. The molecule has 1 heterocycles. The quantitative estimate of drug-likeness (QED) is 0.376. The van der Waals surface area contributed by atoms with Crippen LogP contribution in [0.4, 0.5) is 0 Å². The first-order valence-electron chi connectivity index (χ1n) is 5.51. The molecule has 0 aliphatic rings. The predicted octanol–water partition coefficient (Wildman–Crippen LogP) is 2.46. The first kappa shape index (κ1) is 12.4. The largest absolute Gasteiger partial charge is 0.493 e. The second kappa shape index (κ2) is 6.07. The fraction of sp³-hybridized carbons (Fsp3) is 0.154. The summed E-state index contributed by atoms with van der Waals surface area (Å²) in [5, 5.41) is 15.7. The molecule has 0 aliphatic carbocycles. The van der Waals surface area contributed by atoms with E-state index in [9.17, 15) is 0 Å². The molecule has 4 nitrogen and oxygen atoms in total. The molecular formula is C13H14N2O2S. The molecule has 5 heteroatoms. The molecule has 0 bridgehead atoms. The minimum atomic E-state index is 0.0817. The maximum atomic E-state index is 8.60. The van der Waals surface area contributed by atoms with Gasteiger partial charge in [-0.05, 0) is 34.5 Å². The van der Waals surface area contributed by atoms with Crippen LogP contribution in [0.5, 0.6) is 5.75 Å². The summed E-state index contributed by atoms with van der Waals surface area (Å²) in [5.41, 5.74) is 7.43. The van der Waals surface area contributed by atoms with E-state index in [-0.39, 0.29) is 5.84 Å². The van der Waals surface area contributed by atoms with Crippen LogP contribution in [-0.4, -0.2) is 17.6 Å². The lowest BCUT2D eigenvalue weighted by Gasteiger charge is -2.06. The van der Waals surface area contributed by atoms with E-state index < -0.39 is 0 Å². The van der Waals surface area contributed by atoms with E-state index in [2.05, 4.69) is 16.6 Å². The Balaban J connectivity index is 1.93. The van der Waals surface area contributed by atoms with E-state index in [4.69, 9.17) is 15.7 Å². The van der Waals surface area contributed by atoms with Gasteiger partial charge in [0.15, 0.2) is 5.84 Å². The SMILES string of the molecule is NC(=NO)c1cccc(OCCc2ccsc2)c1. The maximum absolute atomic E-state index is 8.60. The van der Waals surface area contributed by atoms with Crippen molar-refractivity contribution in [3.63, 3.8) is 0 Å². The molecule has 0 atom stereocenters. The minimum absolute atomic E-state index is 0.0817. The number of oxime groups is 1. The lowest BCUT2D eigenvalue weighted by molar-refractivity contribution is 0.318. The summed E-state index contributed by atoms with van der Waals surface area (Å²) < 4.78 is 5.63. The van der Waals surface area contributed by atoms with Crippen molar-refractivity contribution in [3.05, 3.63) is 52.2 Å². The van der Waals surface area contributed by atoms with E-state index in [1.54, 1.807) is 23.5 Å². The lowest BCUT2D eigenvalue weighted by Crippen LogP contribution is -2.13. The molecule has 2 aromatic rings. The van der Waals surface area contributed by atoms with Crippen LogP contribution < -0.4 is 10.5 Å². The molecule has 0 saturated heterocycles. The van der Waals surface area contributed by atoms with E-state index in [0.29, 0.717) is 17.9 Å². The van der Waals surface area contributed by atoms with Gasteiger partial charge in [-0.15, -0.1) is 0 Å². The van der Waals surface area contributed by atoms with Crippen molar-refractivity contribution in [2.24, 2.45) is 10.9 Å². The summed E-state index contributed by atoms with van der Waals surface area (Å²) in [6.45, 7) is 0.607. The Labute approximate surface area is 109 Å². The van der Waals surface area contributed by atoms with E-state index in [1.807, 2.05) is 17.5 Å². The van der Waals surface area contributed by atoms with Gasteiger partial charge in [-0.2, -0.15) is 11.3 Å². The monoisotopic (exact) mass is 262 g/mol. The third-order valence-electron chi connectivity index (χ3n) is 2.48. The van der Waals surface area contributed by atoms with Crippen molar-refractivity contribution in [2.45, 2.75) is 6.42 Å². The number of rotatable bonds is 5. The Morgan fingerprint density at radius 3 is 3.00 bits per heavy atom. The minimum Gasteiger partial charge on any atom is -0.493 e. The molecule has 0 spiro atoms. The average molecular weight is 262 g/mol. The zero-order valence-electron chi connectivity index (χ0n) is 9.74. The number of hydrogen-bond donors (Lipinski definition) is 2. The van der Waals surface area contributed by atoms with Crippen LogP contribution in [0, 0.1) is 0 Å². The summed E-state index contributed by atoms with van der Waals surface area (Å²) in [7, 11) is 0. The van der Waals surface area contributed by atoms with Crippen LogP contribution in [0.25, 0.3) is 0 Å². The Bertz CT molecular complexity index is 524. The van der Waals surface area contributed by atoms with Gasteiger partial charge in [-0.1, -0.05) is 17.3 Å². The molecule has 0 fully saturated rings. The molecular weight excluding hydrogens is 248 g/mol. The highest BCUT2D eigenvalue weighted by molar-refractivity contribution is 7.07. The molecule has 0 saturated carbocycles. The molecule has 0 amide bonds. The number of ether oxygens (including phenoxy) is 1. The zero-order valence-corrected chi connectivity index (χ0v) is 10.6. The second-order valence-corrected chi connectivity index (χ2v) is 4.52. The van der Waals surface area contributed by atoms with Gasteiger partial charge >= 0.3 is 0 Å². The summed E-state index contributed by atoms with van der Waals surface area (Å²) >= 11 is 1.68. The van der Waals surface area contributed by atoms with Crippen LogP contribution in [0.15, 0.2) is 46.2 Å².